The molecule has 1 aliphatic rings. The van der Waals surface area contributed by atoms with Gasteiger partial charge in [-0.3, -0.25) is 0 Å². The van der Waals surface area contributed by atoms with Crippen molar-refractivity contribution in [3.8, 4) is 0 Å². The molecule has 0 spiro atoms. The van der Waals surface area contributed by atoms with E-state index in [2.05, 4.69) is 39.5 Å². The smallest absolute Gasteiger partial charge is 0.0147 e. The summed E-state index contributed by atoms with van der Waals surface area (Å²) in [5, 5.41) is 2.01. The minimum atomic E-state index is 0.850. The van der Waals surface area contributed by atoms with Crippen LogP contribution in [-0.4, -0.2) is 40.9 Å². The molecule has 1 rings (SSSR count). The van der Waals surface area contributed by atoms with E-state index in [1.807, 2.05) is 0 Å². The van der Waals surface area contributed by atoms with Crippen molar-refractivity contribution < 1.29 is 0 Å². The van der Waals surface area contributed by atoms with E-state index < -0.39 is 0 Å². The second kappa shape index (κ2) is 6.28. The van der Waals surface area contributed by atoms with Crippen LogP contribution in [0.4, 0.5) is 0 Å². The molecule has 12 heavy (non-hydrogen) atoms. The zero-order chi connectivity index (χ0) is 8.81. The van der Waals surface area contributed by atoms with Crippen LogP contribution in [0.5, 0.6) is 0 Å². The maximum atomic E-state index is 3.46. The van der Waals surface area contributed by atoms with Crippen molar-refractivity contribution in [2.45, 2.75) is 25.0 Å². The van der Waals surface area contributed by atoms with E-state index in [-0.39, 0.29) is 0 Å². The summed E-state index contributed by atoms with van der Waals surface area (Å²) in [7, 11) is 0. The first-order valence-corrected chi connectivity index (χ1v) is 6.90. The van der Waals surface area contributed by atoms with Gasteiger partial charge in [0.15, 0.2) is 0 Å². The van der Waals surface area contributed by atoms with Crippen LogP contribution in [0, 0.1) is 0 Å². The van der Waals surface area contributed by atoms with Crippen LogP contribution in [0.15, 0.2) is 0 Å². The van der Waals surface area contributed by atoms with Crippen molar-refractivity contribution in [1.29, 1.82) is 0 Å². The number of thioether (sulfide) groups is 1. The molecule has 0 saturated carbocycles. The summed E-state index contributed by atoms with van der Waals surface area (Å²) < 4.78 is 0. The van der Waals surface area contributed by atoms with E-state index in [1.54, 1.807) is 0 Å². The number of unbranched alkanes of at least 4 members (excludes halogenated alkanes) is 1. The largest absolute Gasteiger partial charge is 0.301 e. The maximum absolute atomic E-state index is 3.46. The first-order chi connectivity index (χ1) is 5.83. The molecule has 3 heteroatoms. The monoisotopic (exact) mass is 251 g/mol. The fourth-order valence-electron chi connectivity index (χ4n) is 1.52. The van der Waals surface area contributed by atoms with Gasteiger partial charge >= 0.3 is 0 Å². The van der Waals surface area contributed by atoms with E-state index in [0.29, 0.717) is 0 Å². The summed E-state index contributed by atoms with van der Waals surface area (Å²) in [5.74, 6) is 1.33. The highest BCUT2D eigenvalue weighted by molar-refractivity contribution is 9.09. The lowest BCUT2D eigenvalue weighted by molar-refractivity contribution is 0.282. The van der Waals surface area contributed by atoms with Crippen LogP contribution in [0.3, 0.4) is 0 Å². The molecule has 0 aromatic heterocycles. The summed E-state index contributed by atoms with van der Waals surface area (Å²) in [5.41, 5.74) is 0. The minimum Gasteiger partial charge on any atom is -0.301 e. The Hall–Kier alpha value is 0.790. The van der Waals surface area contributed by atoms with Crippen molar-refractivity contribution in [1.82, 2.24) is 4.90 Å². The van der Waals surface area contributed by atoms with Gasteiger partial charge in [-0.25, -0.2) is 0 Å². The predicted molar refractivity (Wildman–Crippen MR) is 61.4 cm³/mol. The lowest BCUT2D eigenvalue weighted by atomic mass is 10.3. The molecule has 0 aliphatic carbocycles. The highest BCUT2D eigenvalue weighted by atomic mass is 79.9. The van der Waals surface area contributed by atoms with Crippen molar-refractivity contribution in [2.24, 2.45) is 0 Å². The Morgan fingerprint density at radius 2 is 2.33 bits per heavy atom. The van der Waals surface area contributed by atoms with Crippen molar-refractivity contribution in [3.05, 3.63) is 0 Å². The number of halogens is 1. The number of hydrogen-bond acceptors (Lipinski definition) is 2. The highest BCUT2D eigenvalue weighted by Crippen LogP contribution is 2.17. The zero-order valence-electron chi connectivity index (χ0n) is 7.76. The molecule has 0 bridgehead atoms. The molecular weight excluding hydrogens is 234 g/mol. The fraction of sp³-hybridized carbons (Fsp3) is 1.00. The molecule has 0 N–H and O–H groups in total. The maximum Gasteiger partial charge on any atom is 0.0147 e. The summed E-state index contributed by atoms with van der Waals surface area (Å²) >= 11 is 5.57. The third-order valence-corrected chi connectivity index (χ3v) is 3.88. The van der Waals surface area contributed by atoms with Crippen molar-refractivity contribution in [3.63, 3.8) is 0 Å². The number of alkyl halides is 1. The molecule has 0 amide bonds. The molecule has 0 radical (unpaired) electrons. The third-order valence-electron chi connectivity index (χ3n) is 2.18. The van der Waals surface area contributed by atoms with E-state index in [9.17, 15) is 0 Å². The van der Waals surface area contributed by atoms with Crippen molar-refractivity contribution in [2.75, 3.05) is 30.7 Å². The first-order valence-electron chi connectivity index (χ1n) is 4.73. The quantitative estimate of drug-likeness (QED) is 0.559. The predicted octanol–water partition coefficient (Wildman–Crippen LogP) is 2.60. The molecule has 0 aromatic carbocycles. The van der Waals surface area contributed by atoms with Gasteiger partial charge < -0.3 is 4.90 Å². The number of nitrogens with zero attached hydrogens (tertiary/aromatic N) is 1. The van der Waals surface area contributed by atoms with Crippen LogP contribution < -0.4 is 0 Å². The summed E-state index contributed by atoms with van der Waals surface area (Å²) in [6, 6.07) is 0. The minimum absolute atomic E-state index is 0.850. The molecule has 1 aliphatic heterocycles. The Bertz CT molecular complexity index is 121. The summed E-state index contributed by atoms with van der Waals surface area (Å²) in [6.07, 6.45) is 2.67. The summed E-state index contributed by atoms with van der Waals surface area (Å²) in [4.78, 5) is 2.60. The van der Waals surface area contributed by atoms with E-state index >= 15 is 0 Å². The Morgan fingerprint density at radius 3 is 3.00 bits per heavy atom. The molecule has 1 unspecified atom stereocenters. The van der Waals surface area contributed by atoms with Gasteiger partial charge in [0.25, 0.3) is 0 Å². The normalized spacial score (nSPS) is 26.0. The standard InChI is InChI=1S/C9H18BrNS/c1-9-8-11(6-7-12-9)5-3-2-4-10/h9H,2-8H2,1H3. The second-order valence-corrected chi connectivity index (χ2v) is 5.72. The topological polar surface area (TPSA) is 3.24 Å². The SMILES string of the molecule is CC1CN(CCCCBr)CCS1. The van der Waals surface area contributed by atoms with Gasteiger partial charge in [0.2, 0.25) is 0 Å². The Kier molecular flexibility index (Phi) is 5.68. The van der Waals surface area contributed by atoms with Crippen LogP contribution >= 0.6 is 27.7 Å². The molecular formula is C9H18BrNS. The van der Waals surface area contributed by atoms with Crippen LogP contribution in [0.1, 0.15) is 19.8 Å². The van der Waals surface area contributed by atoms with Gasteiger partial charge in [-0.1, -0.05) is 22.9 Å². The number of rotatable bonds is 4. The first kappa shape index (κ1) is 10.9. The average Bonchev–Trinajstić information content (AvgIpc) is 2.05. The Labute approximate surface area is 88.4 Å². The van der Waals surface area contributed by atoms with Gasteiger partial charge in [0.05, 0.1) is 0 Å². The molecule has 1 fully saturated rings. The Morgan fingerprint density at radius 1 is 1.50 bits per heavy atom. The van der Waals surface area contributed by atoms with Crippen LogP contribution in [0.25, 0.3) is 0 Å². The molecule has 1 heterocycles. The lowest BCUT2D eigenvalue weighted by Crippen LogP contribution is -2.37. The van der Waals surface area contributed by atoms with E-state index in [4.69, 9.17) is 0 Å². The second-order valence-electron chi connectivity index (χ2n) is 3.38. The van der Waals surface area contributed by atoms with E-state index in [0.717, 1.165) is 10.6 Å². The molecule has 1 saturated heterocycles. The van der Waals surface area contributed by atoms with Gasteiger partial charge in [0, 0.05) is 29.4 Å². The van der Waals surface area contributed by atoms with Gasteiger partial charge in [-0.05, 0) is 19.4 Å². The van der Waals surface area contributed by atoms with E-state index in [1.165, 1.54) is 38.2 Å². The molecule has 1 atom stereocenters. The van der Waals surface area contributed by atoms with Crippen molar-refractivity contribution >= 4 is 27.7 Å². The third kappa shape index (κ3) is 4.15. The van der Waals surface area contributed by atoms with Gasteiger partial charge in [0.1, 0.15) is 0 Å². The zero-order valence-corrected chi connectivity index (χ0v) is 10.2. The molecule has 0 aromatic rings. The van der Waals surface area contributed by atoms with Crippen LogP contribution in [-0.2, 0) is 0 Å². The molecule has 1 nitrogen and oxygen atoms in total. The van der Waals surface area contributed by atoms with Gasteiger partial charge in [-0.2, -0.15) is 11.8 Å². The average molecular weight is 252 g/mol. The fourth-order valence-corrected chi connectivity index (χ4v) is 3.00. The lowest BCUT2D eigenvalue weighted by Gasteiger charge is -2.30. The van der Waals surface area contributed by atoms with Gasteiger partial charge in [-0.15, -0.1) is 0 Å². The highest BCUT2D eigenvalue weighted by Gasteiger charge is 2.15. The molecule has 72 valence electrons. The number of hydrogen-bond donors (Lipinski definition) is 0. The summed E-state index contributed by atoms with van der Waals surface area (Å²) in [6.45, 7) is 6.24. The Balaban J connectivity index is 2.06. The van der Waals surface area contributed by atoms with Crippen LogP contribution in [0.2, 0.25) is 0 Å².